The number of halogens is 1. The lowest BCUT2D eigenvalue weighted by Gasteiger charge is -2.25. The molecular weight excluding hydrogens is 196 g/mol. The van der Waals surface area contributed by atoms with Gasteiger partial charge in [-0.2, -0.15) is 0 Å². The molecule has 0 radical (unpaired) electrons. The molecule has 0 aliphatic carbocycles. The Bertz CT molecular complexity index is 226. The first-order valence-corrected chi connectivity index (χ1v) is 4.49. The molecule has 0 aromatic carbocycles. The Hall–Kier alpha value is -0.520. The van der Waals surface area contributed by atoms with E-state index in [-0.39, 0.29) is 0 Å². The lowest BCUT2D eigenvalue weighted by atomic mass is 10.1. The third-order valence-corrected chi connectivity index (χ3v) is 2.46. The van der Waals surface area contributed by atoms with Crippen LogP contribution in [-0.4, -0.2) is 49.0 Å². The zero-order valence-electron chi connectivity index (χ0n) is 7.09. The second kappa shape index (κ2) is 3.32. The normalized spacial score (nSPS) is 35.6. The van der Waals surface area contributed by atoms with Crippen LogP contribution in [0, 0.1) is 0 Å². The average molecular weight is 207 g/mol. The number of alkyl carbamates (subject to hydrolysis) is 1. The molecule has 5 nitrogen and oxygen atoms in total. The predicted molar refractivity (Wildman–Crippen MR) is 45.5 cm³/mol. The third-order valence-electron chi connectivity index (χ3n) is 2.17. The molecule has 0 aromatic rings. The lowest BCUT2D eigenvalue weighted by Crippen LogP contribution is -2.44. The summed E-state index contributed by atoms with van der Waals surface area (Å²) in [6, 6.07) is 0. The largest absolute Gasteiger partial charge is 0.437 e. The van der Waals surface area contributed by atoms with Gasteiger partial charge in [-0.05, 0) is 11.8 Å². The molecule has 13 heavy (non-hydrogen) atoms. The monoisotopic (exact) mass is 206 g/mol. The Morgan fingerprint density at radius 3 is 3.15 bits per heavy atom. The van der Waals surface area contributed by atoms with E-state index in [1.54, 1.807) is 4.42 Å². The molecule has 2 fully saturated rings. The minimum absolute atomic E-state index is 0.393. The Morgan fingerprint density at radius 2 is 2.46 bits per heavy atom. The van der Waals surface area contributed by atoms with Crippen molar-refractivity contribution in [3.63, 3.8) is 0 Å². The van der Waals surface area contributed by atoms with E-state index in [4.69, 9.17) is 21.3 Å². The molecule has 2 aliphatic heterocycles. The molecule has 0 saturated carbocycles. The van der Waals surface area contributed by atoms with Gasteiger partial charge in [0.2, 0.25) is 0 Å². The van der Waals surface area contributed by atoms with Gasteiger partial charge in [0.25, 0.3) is 0 Å². The van der Waals surface area contributed by atoms with Crippen molar-refractivity contribution in [1.29, 1.82) is 0 Å². The zero-order chi connectivity index (χ0) is 9.31. The molecule has 0 unspecified atom stereocenters. The van der Waals surface area contributed by atoms with Crippen LogP contribution in [0.15, 0.2) is 0 Å². The minimum Gasteiger partial charge on any atom is -0.437 e. The van der Waals surface area contributed by atoms with E-state index < -0.39 is 11.7 Å². The van der Waals surface area contributed by atoms with E-state index in [9.17, 15) is 4.79 Å². The maximum atomic E-state index is 10.9. The van der Waals surface area contributed by atoms with E-state index in [1.165, 1.54) is 0 Å². The van der Waals surface area contributed by atoms with E-state index in [0.29, 0.717) is 32.8 Å². The van der Waals surface area contributed by atoms with Crippen molar-refractivity contribution < 1.29 is 14.3 Å². The molecular formula is C7H11ClN2O3. The van der Waals surface area contributed by atoms with Gasteiger partial charge in [-0.15, -0.1) is 0 Å². The van der Waals surface area contributed by atoms with Gasteiger partial charge in [-0.25, -0.2) is 9.21 Å². The number of rotatable bonds is 0. The summed E-state index contributed by atoms with van der Waals surface area (Å²) >= 11 is 5.87. The first-order valence-electron chi connectivity index (χ1n) is 4.16. The first-order chi connectivity index (χ1) is 6.20. The maximum absolute atomic E-state index is 10.9. The lowest BCUT2D eigenvalue weighted by molar-refractivity contribution is -0.0107. The highest BCUT2D eigenvalue weighted by Crippen LogP contribution is 2.21. The Labute approximate surface area is 81.0 Å². The smallest absolute Gasteiger partial charge is 0.408 e. The molecule has 2 saturated heterocycles. The minimum atomic E-state index is -0.588. The van der Waals surface area contributed by atoms with Crippen LogP contribution in [0.2, 0.25) is 0 Å². The van der Waals surface area contributed by atoms with Crippen LogP contribution in [0.3, 0.4) is 0 Å². The summed E-state index contributed by atoms with van der Waals surface area (Å²) in [6.45, 7) is 2.61. The molecule has 0 aromatic heterocycles. The van der Waals surface area contributed by atoms with E-state index in [0.717, 1.165) is 0 Å². The SMILES string of the molecule is O=C1NC[C@@]2(COCCN(Cl)C2)O1. The van der Waals surface area contributed by atoms with Gasteiger partial charge in [0.1, 0.15) is 0 Å². The van der Waals surface area contributed by atoms with Gasteiger partial charge in [0, 0.05) is 6.54 Å². The maximum Gasteiger partial charge on any atom is 0.408 e. The van der Waals surface area contributed by atoms with Crippen molar-refractivity contribution in [2.24, 2.45) is 0 Å². The van der Waals surface area contributed by atoms with Crippen LogP contribution in [0.4, 0.5) is 4.79 Å². The van der Waals surface area contributed by atoms with Gasteiger partial charge < -0.3 is 14.8 Å². The number of nitrogens with one attached hydrogen (secondary N) is 1. The molecule has 1 spiro atoms. The van der Waals surface area contributed by atoms with Crippen LogP contribution in [0.1, 0.15) is 0 Å². The van der Waals surface area contributed by atoms with Crippen molar-refractivity contribution in [3.8, 4) is 0 Å². The standard InChI is InChI=1S/C7H11ClN2O3/c8-10-1-2-12-5-7(4-10)3-9-6(11)13-7/h1-5H2,(H,9,11)/t7-/m1/s1. The summed E-state index contributed by atoms with van der Waals surface area (Å²) in [6.07, 6.45) is -0.393. The van der Waals surface area contributed by atoms with Crippen molar-refractivity contribution >= 4 is 17.9 Å². The quantitative estimate of drug-likeness (QED) is 0.565. The molecule has 2 rings (SSSR count). The summed E-state index contributed by atoms with van der Waals surface area (Å²) in [5, 5.41) is 2.60. The van der Waals surface area contributed by atoms with Crippen molar-refractivity contribution in [1.82, 2.24) is 9.74 Å². The Kier molecular flexibility index (Phi) is 2.31. The fourth-order valence-electron chi connectivity index (χ4n) is 1.53. The average Bonchev–Trinajstić information content (AvgIpc) is 2.30. The number of ether oxygens (including phenoxy) is 2. The molecule has 2 aliphatic rings. The van der Waals surface area contributed by atoms with Gasteiger partial charge in [-0.3, -0.25) is 0 Å². The zero-order valence-corrected chi connectivity index (χ0v) is 7.84. The highest BCUT2D eigenvalue weighted by Gasteiger charge is 2.43. The van der Waals surface area contributed by atoms with Gasteiger partial charge in [0.05, 0.1) is 26.3 Å². The number of carbonyl (C=O) groups is 1. The van der Waals surface area contributed by atoms with Crippen LogP contribution >= 0.6 is 11.8 Å². The van der Waals surface area contributed by atoms with E-state index >= 15 is 0 Å². The predicted octanol–water partition coefficient (Wildman–Crippen LogP) is -0.0490. The van der Waals surface area contributed by atoms with Crippen molar-refractivity contribution in [2.75, 3.05) is 32.8 Å². The highest BCUT2D eigenvalue weighted by atomic mass is 35.5. The highest BCUT2D eigenvalue weighted by molar-refractivity contribution is 6.13. The molecule has 6 heteroatoms. The van der Waals surface area contributed by atoms with Gasteiger partial charge in [-0.1, -0.05) is 0 Å². The summed E-state index contributed by atoms with van der Waals surface area (Å²) in [7, 11) is 0. The van der Waals surface area contributed by atoms with Gasteiger partial charge in [0.15, 0.2) is 5.60 Å². The third kappa shape index (κ3) is 1.87. The molecule has 1 N–H and O–H groups in total. The number of amides is 1. The van der Waals surface area contributed by atoms with E-state index in [2.05, 4.69) is 5.32 Å². The summed E-state index contributed by atoms with van der Waals surface area (Å²) in [4.78, 5) is 10.9. The van der Waals surface area contributed by atoms with E-state index in [1.807, 2.05) is 0 Å². The second-order valence-electron chi connectivity index (χ2n) is 3.32. The Morgan fingerprint density at radius 1 is 1.62 bits per heavy atom. The Balaban J connectivity index is 2.07. The molecule has 1 amide bonds. The van der Waals surface area contributed by atoms with Crippen LogP contribution in [-0.2, 0) is 9.47 Å². The van der Waals surface area contributed by atoms with Crippen molar-refractivity contribution in [2.45, 2.75) is 5.60 Å². The first kappa shape index (κ1) is 9.05. The van der Waals surface area contributed by atoms with Crippen LogP contribution < -0.4 is 5.32 Å². The fourth-order valence-corrected chi connectivity index (χ4v) is 1.82. The summed E-state index contributed by atoms with van der Waals surface area (Å²) in [5.41, 5.74) is -0.588. The summed E-state index contributed by atoms with van der Waals surface area (Å²) < 4.78 is 12.0. The fraction of sp³-hybridized carbons (Fsp3) is 0.857. The number of nitrogens with zero attached hydrogens (tertiary/aromatic N) is 1. The molecule has 1 atom stereocenters. The van der Waals surface area contributed by atoms with Crippen molar-refractivity contribution in [3.05, 3.63) is 0 Å². The number of hydrogen-bond donors (Lipinski definition) is 1. The number of hydrogen-bond acceptors (Lipinski definition) is 4. The second-order valence-corrected chi connectivity index (χ2v) is 3.80. The van der Waals surface area contributed by atoms with Crippen LogP contribution in [0.5, 0.6) is 0 Å². The molecule has 0 bridgehead atoms. The number of carbonyl (C=O) groups excluding carboxylic acids is 1. The van der Waals surface area contributed by atoms with Gasteiger partial charge >= 0.3 is 6.09 Å². The molecule has 74 valence electrons. The van der Waals surface area contributed by atoms with Crippen LogP contribution in [0.25, 0.3) is 0 Å². The molecule has 2 heterocycles. The topological polar surface area (TPSA) is 50.8 Å². The summed E-state index contributed by atoms with van der Waals surface area (Å²) in [5.74, 6) is 0.